The lowest BCUT2D eigenvalue weighted by atomic mass is 10.1. The number of hydrogen-bond acceptors (Lipinski definition) is 5. The monoisotopic (exact) mass is 498 g/mol. The predicted octanol–water partition coefficient (Wildman–Crippen LogP) is 5.41. The molecular formula is C27H19FN4O3S. The van der Waals surface area contributed by atoms with Crippen LogP contribution in [0.4, 0.5) is 10.1 Å². The molecular weight excluding hydrogens is 479 g/mol. The van der Waals surface area contributed by atoms with Crippen LogP contribution in [0, 0.1) is 10.6 Å². The van der Waals surface area contributed by atoms with Crippen LogP contribution in [-0.4, -0.2) is 20.4 Å². The second kappa shape index (κ2) is 9.93. The molecule has 36 heavy (non-hydrogen) atoms. The molecule has 5 rings (SSSR count). The molecule has 0 unspecified atom stereocenters. The lowest BCUT2D eigenvalue weighted by Crippen LogP contribution is -2.22. The second-order valence-electron chi connectivity index (χ2n) is 7.87. The van der Waals surface area contributed by atoms with Crippen LogP contribution in [0.25, 0.3) is 16.6 Å². The van der Waals surface area contributed by atoms with E-state index in [1.54, 1.807) is 36.5 Å². The van der Waals surface area contributed by atoms with Crippen molar-refractivity contribution in [2.75, 3.05) is 5.32 Å². The van der Waals surface area contributed by atoms with Crippen LogP contribution in [0.2, 0.25) is 0 Å². The van der Waals surface area contributed by atoms with Crippen LogP contribution in [0.3, 0.4) is 0 Å². The van der Waals surface area contributed by atoms with Crippen LogP contribution in [0.5, 0.6) is 5.75 Å². The molecule has 5 aromatic rings. The number of nitrogens with zero attached hydrogens (tertiary/aromatic N) is 2. The zero-order valence-electron chi connectivity index (χ0n) is 18.8. The van der Waals surface area contributed by atoms with Crippen LogP contribution >= 0.6 is 12.2 Å². The summed E-state index contributed by atoms with van der Waals surface area (Å²) in [5.41, 5.74) is 1.59. The van der Waals surface area contributed by atoms with E-state index in [1.807, 2.05) is 18.2 Å². The third kappa shape index (κ3) is 4.77. The summed E-state index contributed by atoms with van der Waals surface area (Å²) >= 11 is 5.32. The highest BCUT2D eigenvalue weighted by Crippen LogP contribution is 2.20. The number of H-pyrrole nitrogens is 1. The highest BCUT2D eigenvalue weighted by molar-refractivity contribution is 7.71. The van der Waals surface area contributed by atoms with Crippen molar-refractivity contribution in [3.05, 3.63) is 123 Å². The predicted molar refractivity (Wildman–Crippen MR) is 138 cm³/mol. The van der Waals surface area contributed by atoms with Gasteiger partial charge in [-0.25, -0.2) is 8.96 Å². The Bertz CT molecular complexity index is 1700. The molecule has 0 spiro atoms. The van der Waals surface area contributed by atoms with Gasteiger partial charge in [0.05, 0.1) is 22.3 Å². The summed E-state index contributed by atoms with van der Waals surface area (Å²) in [6.45, 7) is 0.298. The number of rotatable bonds is 6. The van der Waals surface area contributed by atoms with Gasteiger partial charge in [-0.2, -0.15) is 0 Å². The average molecular weight is 499 g/mol. The summed E-state index contributed by atoms with van der Waals surface area (Å²) in [5, 5.41) is 3.10. The molecule has 0 radical (unpaired) electrons. The fourth-order valence-electron chi connectivity index (χ4n) is 3.72. The van der Waals surface area contributed by atoms with Gasteiger partial charge in [0.15, 0.2) is 4.77 Å². The van der Waals surface area contributed by atoms with E-state index in [-0.39, 0.29) is 21.8 Å². The van der Waals surface area contributed by atoms with Gasteiger partial charge in [0.1, 0.15) is 18.2 Å². The van der Waals surface area contributed by atoms with Crippen LogP contribution < -0.4 is 15.6 Å². The van der Waals surface area contributed by atoms with E-state index >= 15 is 0 Å². The molecule has 0 aliphatic carbocycles. The standard InChI is InChI=1S/C27H19FN4O3S/c28-22-9-1-2-10-24(22)32-26(34)21-12-11-17(14-23(21)31-27(32)36)25(33)30-18-7-5-8-20(15-18)35-16-19-6-3-4-13-29-19/h1-15H,16H2,(H,30,33)(H,31,36). The molecule has 9 heteroatoms. The number of halogens is 1. The molecule has 178 valence electrons. The Morgan fingerprint density at radius 1 is 1.03 bits per heavy atom. The Balaban J connectivity index is 1.38. The van der Waals surface area contributed by atoms with Gasteiger partial charge in [0.25, 0.3) is 11.5 Å². The number of aromatic nitrogens is 3. The van der Waals surface area contributed by atoms with E-state index in [4.69, 9.17) is 17.0 Å². The number of carbonyl (C=O) groups is 1. The van der Waals surface area contributed by atoms with Crippen molar-refractivity contribution in [2.24, 2.45) is 0 Å². The smallest absolute Gasteiger partial charge is 0.266 e. The Kier molecular flexibility index (Phi) is 6.38. The van der Waals surface area contributed by atoms with Crippen molar-refractivity contribution in [1.82, 2.24) is 14.5 Å². The van der Waals surface area contributed by atoms with Crippen LogP contribution in [-0.2, 0) is 6.61 Å². The third-order valence-corrected chi connectivity index (χ3v) is 5.74. The highest BCUT2D eigenvalue weighted by atomic mass is 32.1. The number of hydrogen-bond donors (Lipinski definition) is 2. The molecule has 0 saturated carbocycles. The van der Waals surface area contributed by atoms with Crippen molar-refractivity contribution < 1.29 is 13.9 Å². The van der Waals surface area contributed by atoms with Crippen molar-refractivity contribution in [2.45, 2.75) is 6.61 Å². The number of pyridine rings is 1. The molecule has 0 atom stereocenters. The summed E-state index contributed by atoms with van der Waals surface area (Å²) < 4.78 is 21.2. The highest BCUT2D eigenvalue weighted by Gasteiger charge is 2.14. The molecule has 2 N–H and O–H groups in total. The first-order chi connectivity index (χ1) is 17.5. The normalized spacial score (nSPS) is 10.8. The quantitative estimate of drug-likeness (QED) is 0.306. The molecule has 0 aliphatic rings. The van der Waals surface area contributed by atoms with Gasteiger partial charge in [-0.1, -0.05) is 24.3 Å². The van der Waals surface area contributed by atoms with E-state index in [2.05, 4.69) is 15.3 Å². The summed E-state index contributed by atoms with van der Waals surface area (Å²) in [6, 6.07) is 23.1. The summed E-state index contributed by atoms with van der Waals surface area (Å²) in [5.74, 6) is -0.369. The Labute approximate surface area is 209 Å². The maximum atomic E-state index is 14.3. The number of ether oxygens (including phenoxy) is 1. The number of para-hydroxylation sites is 1. The number of benzene rings is 3. The van der Waals surface area contributed by atoms with Crippen molar-refractivity contribution in [3.63, 3.8) is 0 Å². The summed E-state index contributed by atoms with van der Waals surface area (Å²) in [7, 11) is 0. The van der Waals surface area contributed by atoms with Gasteiger partial charge in [-0.15, -0.1) is 0 Å². The Morgan fingerprint density at radius 3 is 2.67 bits per heavy atom. The van der Waals surface area contributed by atoms with Gasteiger partial charge in [-0.3, -0.25) is 14.6 Å². The maximum Gasteiger partial charge on any atom is 0.266 e. The van der Waals surface area contributed by atoms with E-state index < -0.39 is 11.4 Å². The summed E-state index contributed by atoms with van der Waals surface area (Å²) in [4.78, 5) is 33.1. The number of amides is 1. The van der Waals surface area contributed by atoms with E-state index in [9.17, 15) is 14.0 Å². The Hall–Kier alpha value is -4.63. The molecule has 0 aliphatic heterocycles. The zero-order chi connectivity index (χ0) is 25.1. The third-order valence-electron chi connectivity index (χ3n) is 5.46. The molecule has 2 heterocycles. The van der Waals surface area contributed by atoms with Gasteiger partial charge in [0, 0.05) is 23.5 Å². The first kappa shape index (κ1) is 23.1. The van der Waals surface area contributed by atoms with E-state index in [0.29, 0.717) is 29.1 Å². The molecule has 0 saturated heterocycles. The van der Waals surface area contributed by atoms with E-state index in [1.165, 1.54) is 36.4 Å². The molecule has 7 nitrogen and oxygen atoms in total. The number of fused-ring (bicyclic) bond motifs is 1. The first-order valence-electron chi connectivity index (χ1n) is 11.0. The molecule has 0 fully saturated rings. The van der Waals surface area contributed by atoms with Crippen molar-refractivity contribution in [1.29, 1.82) is 0 Å². The zero-order valence-corrected chi connectivity index (χ0v) is 19.6. The minimum Gasteiger partial charge on any atom is -0.487 e. The van der Waals surface area contributed by atoms with Crippen molar-refractivity contribution in [3.8, 4) is 11.4 Å². The van der Waals surface area contributed by atoms with Crippen LogP contribution in [0.1, 0.15) is 16.1 Å². The second-order valence-corrected chi connectivity index (χ2v) is 8.26. The fourth-order valence-corrected chi connectivity index (χ4v) is 4.01. The molecule has 3 aromatic carbocycles. The number of anilines is 1. The SMILES string of the molecule is O=C(Nc1cccc(OCc2ccccn2)c1)c1ccc2c(=O)n(-c3ccccc3F)c(=S)[nH]c2c1. The first-order valence-corrected chi connectivity index (χ1v) is 11.4. The molecule has 1 amide bonds. The maximum absolute atomic E-state index is 14.3. The largest absolute Gasteiger partial charge is 0.487 e. The topological polar surface area (TPSA) is 89.0 Å². The average Bonchev–Trinajstić information content (AvgIpc) is 2.89. The molecule has 2 aromatic heterocycles. The van der Waals surface area contributed by atoms with Gasteiger partial charge >= 0.3 is 0 Å². The number of carbonyl (C=O) groups excluding carboxylic acids is 1. The van der Waals surface area contributed by atoms with Gasteiger partial charge < -0.3 is 15.0 Å². The van der Waals surface area contributed by atoms with Gasteiger partial charge in [0.2, 0.25) is 0 Å². The van der Waals surface area contributed by atoms with Gasteiger partial charge in [-0.05, 0) is 66.8 Å². The minimum atomic E-state index is -0.569. The van der Waals surface area contributed by atoms with Crippen LogP contribution in [0.15, 0.2) is 95.9 Å². The minimum absolute atomic E-state index is 0.0212. The number of aromatic amines is 1. The lowest BCUT2D eigenvalue weighted by molar-refractivity contribution is 0.102. The molecule has 0 bridgehead atoms. The Morgan fingerprint density at radius 2 is 1.86 bits per heavy atom. The van der Waals surface area contributed by atoms with E-state index in [0.717, 1.165) is 10.3 Å². The number of nitrogens with one attached hydrogen (secondary N) is 2. The fraction of sp³-hybridized carbons (Fsp3) is 0.0370. The summed E-state index contributed by atoms with van der Waals surface area (Å²) in [6.07, 6.45) is 1.69. The lowest BCUT2D eigenvalue weighted by Gasteiger charge is -2.11. The van der Waals surface area contributed by atoms with Crippen molar-refractivity contribution >= 4 is 34.7 Å².